The van der Waals surface area contributed by atoms with Gasteiger partial charge in [0.15, 0.2) is 5.75 Å². The van der Waals surface area contributed by atoms with Gasteiger partial charge >= 0.3 is 5.69 Å². The molecule has 1 aliphatic heterocycles. The van der Waals surface area contributed by atoms with Crippen LogP contribution < -0.4 is 9.47 Å². The molecule has 7 heteroatoms. The minimum Gasteiger partial charge on any atom is -0.493 e. The number of benzene rings is 3. The second-order valence-electron chi connectivity index (χ2n) is 8.07. The van der Waals surface area contributed by atoms with E-state index in [2.05, 4.69) is 36.2 Å². The maximum Gasteiger partial charge on any atom is 0.315 e. The average molecular weight is 429 g/mol. The third-order valence-corrected chi connectivity index (χ3v) is 6.19. The van der Waals surface area contributed by atoms with Crippen LogP contribution in [-0.4, -0.2) is 42.6 Å². The van der Waals surface area contributed by atoms with Crippen LogP contribution in [0.3, 0.4) is 0 Å². The van der Waals surface area contributed by atoms with Crippen LogP contribution in [0, 0.1) is 10.1 Å². The molecule has 5 rings (SSSR count). The summed E-state index contributed by atoms with van der Waals surface area (Å²) in [4.78, 5) is 18.6. The van der Waals surface area contributed by atoms with E-state index in [0.29, 0.717) is 11.3 Å². The van der Waals surface area contributed by atoms with Crippen molar-refractivity contribution in [3.63, 3.8) is 0 Å². The molecule has 32 heavy (non-hydrogen) atoms. The quantitative estimate of drug-likeness (QED) is 0.259. The predicted octanol–water partition coefficient (Wildman–Crippen LogP) is 4.97. The van der Waals surface area contributed by atoms with Gasteiger partial charge in [0.25, 0.3) is 0 Å². The van der Waals surface area contributed by atoms with Crippen molar-refractivity contribution in [3.05, 3.63) is 69.8 Å². The van der Waals surface area contributed by atoms with Crippen LogP contribution in [0.4, 0.5) is 5.69 Å². The van der Waals surface area contributed by atoms with Crippen molar-refractivity contribution in [2.75, 3.05) is 27.8 Å². The summed E-state index contributed by atoms with van der Waals surface area (Å²) < 4.78 is 10.7. The summed E-state index contributed by atoms with van der Waals surface area (Å²) in [6, 6.07) is 15.8. The number of ether oxygens (including phenoxy) is 2. The molecule has 4 aromatic rings. The minimum absolute atomic E-state index is 0.110. The number of likely N-dealkylation sites (N-methyl/N-ethyl adjacent to an activating group) is 1. The van der Waals surface area contributed by atoms with Gasteiger partial charge in [-0.1, -0.05) is 30.3 Å². The molecule has 0 spiro atoms. The highest BCUT2D eigenvalue weighted by Crippen LogP contribution is 2.43. The topological polar surface area (TPSA) is 77.7 Å². The van der Waals surface area contributed by atoms with Gasteiger partial charge in [0.1, 0.15) is 0 Å². The van der Waals surface area contributed by atoms with Gasteiger partial charge in [-0.25, -0.2) is 4.98 Å². The number of nitro benzene ring substituents is 1. The van der Waals surface area contributed by atoms with E-state index in [1.807, 2.05) is 12.1 Å². The van der Waals surface area contributed by atoms with Crippen molar-refractivity contribution in [1.82, 2.24) is 9.88 Å². The van der Waals surface area contributed by atoms with Crippen molar-refractivity contribution >= 4 is 27.4 Å². The van der Waals surface area contributed by atoms with E-state index in [1.165, 1.54) is 42.0 Å². The standard InChI is InChI=1S/C25H23N3O4/c1-27-11-10-18-19(14-27)24(16-12-21(28(29)30)25(32-3)22(13-16)31-2)26-20-9-8-15-6-4-5-7-17(15)23(18)20/h4-9,12-13H,10-11,14H2,1-3H3. The molecule has 0 fully saturated rings. The van der Waals surface area contributed by atoms with Crippen LogP contribution >= 0.6 is 0 Å². The average Bonchev–Trinajstić information content (AvgIpc) is 2.82. The molecule has 0 atom stereocenters. The molecule has 7 nitrogen and oxygen atoms in total. The fourth-order valence-electron chi connectivity index (χ4n) is 4.71. The summed E-state index contributed by atoms with van der Waals surface area (Å²) in [6.07, 6.45) is 0.890. The highest BCUT2D eigenvalue weighted by Gasteiger charge is 2.27. The lowest BCUT2D eigenvalue weighted by Crippen LogP contribution is -2.27. The lowest BCUT2D eigenvalue weighted by atomic mass is 9.89. The number of methoxy groups -OCH3 is 2. The molecule has 162 valence electrons. The Bertz CT molecular complexity index is 1380. The summed E-state index contributed by atoms with van der Waals surface area (Å²) in [5.74, 6) is 0.425. The van der Waals surface area contributed by atoms with E-state index >= 15 is 0 Å². The zero-order chi connectivity index (χ0) is 22.4. The SMILES string of the molecule is COc1cc(-c2nc3ccc4ccccc4c3c3c2CN(C)CC3)cc([N+](=O)[O-])c1OC. The Balaban J connectivity index is 1.86. The van der Waals surface area contributed by atoms with E-state index in [1.54, 1.807) is 6.07 Å². The predicted molar refractivity (Wildman–Crippen MR) is 124 cm³/mol. The summed E-state index contributed by atoms with van der Waals surface area (Å²) in [6.45, 7) is 1.67. The van der Waals surface area contributed by atoms with E-state index < -0.39 is 4.92 Å². The fourth-order valence-corrected chi connectivity index (χ4v) is 4.71. The number of hydrogen-bond donors (Lipinski definition) is 0. The Hall–Kier alpha value is -3.71. The number of pyridine rings is 1. The van der Waals surface area contributed by atoms with Gasteiger partial charge in [-0.15, -0.1) is 0 Å². The highest BCUT2D eigenvalue weighted by atomic mass is 16.6. The number of rotatable bonds is 4. The molecule has 0 amide bonds. The van der Waals surface area contributed by atoms with E-state index in [9.17, 15) is 10.1 Å². The van der Waals surface area contributed by atoms with Crippen molar-refractivity contribution in [2.45, 2.75) is 13.0 Å². The first kappa shape index (κ1) is 20.2. The molecule has 0 saturated carbocycles. The second-order valence-corrected chi connectivity index (χ2v) is 8.07. The van der Waals surface area contributed by atoms with Crippen molar-refractivity contribution < 1.29 is 14.4 Å². The zero-order valence-electron chi connectivity index (χ0n) is 18.2. The summed E-state index contributed by atoms with van der Waals surface area (Å²) >= 11 is 0. The zero-order valence-corrected chi connectivity index (χ0v) is 18.2. The first-order valence-electron chi connectivity index (χ1n) is 10.4. The van der Waals surface area contributed by atoms with Gasteiger partial charge in [0, 0.05) is 30.1 Å². The molecule has 3 aromatic carbocycles. The Kier molecular flexibility index (Phi) is 4.90. The maximum absolute atomic E-state index is 11.8. The highest BCUT2D eigenvalue weighted by molar-refractivity contribution is 6.09. The minimum atomic E-state index is -0.446. The van der Waals surface area contributed by atoms with E-state index in [-0.39, 0.29) is 11.4 Å². The van der Waals surface area contributed by atoms with E-state index in [4.69, 9.17) is 14.5 Å². The summed E-state index contributed by atoms with van der Waals surface area (Å²) in [7, 11) is 4.96. The number of nitrogens with zero attached hydrogens (tertiary/aromatic N) is 3. The number of hydrogen-bond acceptors (Lipinski definition) is 6. The molecule has 0 N–H and O–H groups in total. The van der Waals surface area contributed by atoms with Crippen molar-refractivity contribution in [3.8, 4) is 22.8 Å². The fraction of sp³-hybridized carbons (Fsp3) is 0.240. The third kappa shape index (κ3) is 3.13. The molecule has 0 saturated heterocycles. The van der Waals surface area contributed by atoms with Crippen molar-refractivity contribution in [2.24, 2.45) is 0 Å². The number of nitro groups is 1. The number of fused-ring (bicyclic) bond motifs is 5. The largest absolute Gasteiger partial charge is 0.493 e. The Labute approximate surface area is 185 Å². The second kappa shape index (κ2) is 7.76. The Morgan fingerprint density at radius 3 is 2.62 bits per heavy atom. The van der Waals surface area contributed by atoms with Crippen LogP contribution in [0.1, 0.15) is 11.1 Å². The third-order valence-electron chi connectivity index (χ3n) is 6.19. The molecule has 1 aromatic heterocycles. The Morgan fingerprint density at radius 1 is 1.06 bits per heavy atom. The molecule has 2 heterocycles. The molecule has 0 bridgehead atoms. The molecule has 0 unspecified atom stereocenters. The van der Waals surface area contributed by atoms with Crippen molar-refractivity contribution in [1.29, 1.82) is 0 Å². The van der Waals surface area contributed by atoms with E-state index in [0.717, 1.165) is 36.3 Å². The first-order chi connectivity index (χ1) is 15.5. The summed E-state index contributed by atoms with van der Waals surface area (Å²) in [5, 5.41) is 15.3. The molecular formula is C25H23N3O4. The molecule has 0 aliphatic carbocycles. The monoisotopic (exact) mass is 429 g/mol. The molecule has 0 radical (unpaired) electrons. The van der Waals surface area contributed by atoms with Crippen LogP contribution in [0.25, 0.3) is 32.9 Å². The van der Waals surface area contributed by atoms with Gasteiger partial charge in [0.05, 0.1) is 30.4 Å². The maximum atomic E-state index is 11.8. The smallest absolute Gasteiger partial charge is 0.315 e. The molecule has 1 aliphatic rings. The van der Waals surface area contributed by atoms with Gasteiger partial charge in [-0.3, -0.25) is 10.1 Å². The van der Waals surface area contributed by atoms with Gasteiger partial charge in [-0.05, 0) is 47.5 Å². The van der Waals surface area contributed by atoms with Crippen LogP contribution in [0.15, 0.2) is 48.5 Å². The van der Waals surface area contributed by atoms with Gasteiger partial charge in [-0.2, -0.15) is 0 Å². The van der Waals surface area contributed by atoms with Crippen LogP contribution in [0.5, 0.6) is 11.5 Å². The Morgan fingerprint density at radius 2 is 1.88 bits per heavy atom. The lowest BCUT2D eigenvalue weighted by molar-refractivity contribution is -0.385. The summed E-state index contributed by atoms with van der Waals surface area (Å²) in [5.41, 5.74) is 4.51. The van der Waals surface area contributed by atoms with Crippen LogP contribution in [-0.2, 0) is 13.0 Å². The first-order valence-corrected chi connectivity index (χ1v) is 10.4. The number of aromatic nitrogens is 1. The molecular weight excluding hydrogens is 406 g/mol. The van der Waals surface area contributed by atoms with Crippen LogP contribution in [0.2, 0.25) is 0 Å². The lowest BCUT2D eigenvalue weighted by Gasteiger charge is -2.28. The normalized spacial score (nSPS) is 13.8. The van der Waals surface area contributed by atoms with Gasteiger partial charge < -0.3 is 14.4 Å². The van der Waals surface area contributed by atoms with Gasteiger partial charge in [0.2, 0.25) is 5.75 Å².